The average Bonchev–Trinajstić information content (AvgIpc) is 3.10. The van der Waals surface area contributed by atoms with Gasteiger partial charge in [-0.05, 0) is 0 Å². The lowest BCUT2D eigenvalue weighted by atomic mass is 10.1. The third-order valence-electron chi connectivity index (χ3n) is 3.27. The van der Waals surface area contributed by atoms with Gasteiger partial charge < -0.3 is 37.5 Å². The number of carboxylic acid groups (broad SMARTS) is 1. The smallest absolute Gasteiger partial charge is 0.322 e. The quantitative estimate of drug-likeness (QED) is 0.199. The Kier molecular flexibility index (Phi) is 8.38. The summed E-state index contributed by atoms with van der Waals surface area (Å²) in [5.74, 6) is -4.45. The van der Waals surface area contributed by atoms with Gasteiger partial charge in [-0.2, -0.15) is 0 Å². The summed E-state index contributed by atoms with van der Waals surface area (Å²) in [6.07, 6.45) is 2.23. The van der Waals surface area contributed by atoms with Gasteiger partial charge in [0.15, 0.2) is 0 Å². The molecule has 2 unspecified atom stereocenters. The second-order valence-electron chi connectivity index (χ2n) is 5.45. The molecule has 0 saturated heterocycles. The summed E-state index contributed by atoms with van der Waals surface area (Å²) in [7, 11) is 0. The number of hydrogen-bond donors (Lipinski definition) is 7. The first-order valence-electron chi connectivity index (χ1n) is 7.77. The van der Waals surface area contributed by atoms with Crippen molar-refractivity contribution in [3.05, 3.63) is 18.2 Å². The van der Waals surface area contributed by atoms with E-state index in [1.54, 1.807) is 0 Å². The zero-order chi connectivity index (χ0) is 20.4. The number of primary amides is 1. The van der Waals surface area contributed by atoms with Crippen molar-refractivity contribution >= 4 is 29.6 Å². The Morgan fingerprint density at radius 2 is 1.85 bits per heavy atom. The van der Waals surface area contributed by atoms with Crippen molar-refractivity contribution in [3.8, 4) is 0 Å². The maximum absolute atomic E-state index is 12.4. The third kappa shape index (κ3) is 7.96. The number of aliphatic carboxylic acids is 1. The maximum atomic E-state index is 12.4. The van der Waals surface area contributed by atoms with Crippen LogP contribution in [0.25, 0.3) is 0 Å². The van der Waals surface area contributed by atoms with Gasteiger partial charge >= 0.3 is 5.97 Å². The SMILES string of the molecule is NCC(=O)NC(CC(N)=O)C(=O)NC(Cc1cnc[nH]1)C(=O)NCC(=O)O. The summed E-state index contributed by atoms with van der Waals surface area (Å²) in [6.45, 7) is -1.07. The van der Waals surface area contributed by atoms with E-state index >= 15 is 0 Å². The van der Waals surface area contributed by atoms with Gasteiger partial charge in [0, 0.05) is 18.3 Å². The Morgan fingerprint density at radius 3 is 2.37 bits per heavy atom. The molecule has 1 aromatic rings. The fourth-order valence-electron chi connectivity index (χ4n) is 2.05. The van der Waals surface area contributed by atoms with E-state index in [0.29, 0.717) is 5.69 Å². The average molecular weight is 383 g/mol. The molecule has 0 bridgehead atoms. The monoisotopic (exact) mass is 383 g/mol. The van der Waals surface area contributed by atoms with Crippen molar-refractivity contribution in [2.24, 2.45) is 11.5 Å². The summed E-state index contributed by atoms with van der Waals surface area (Å²) in [6, 6.07) is -2.53. The topological polar surface area (TPSA) is 222 Å². The zero-order valence-electron chi connectivity index (χ0n) is 14.2. The molecule has 13 heteroatoms. The number of nitrogens with zero attached hydrogens (tertiary/aromatic N) is 1. The molecule has 9 N–H and O–H groups in total. The van der Waals surface area contributed by atoms with Gasteiger partial charge in [-0.3, -0.25) is 24.0 Å². The van der Waals surface area contributed by atoms with Crippen LogP contribution in [0.4, 0.5) is 0 Å². The number of amides is 4. The van der Waals surface area contributed by atoms with Crippen LogP contribution in [-0.2, 0) is 30.4 Å². The van der Waals surface area contributed by atoms with E-state index in [4.69, 9.17) is 16.6 Å². The van der Waals surface area contributed by atoms with E-state index in [1.165, 1.54) is 12.5 Å². The number of imidazole rings is 1. The Bertz CT molecular complexity index is 690. The number of carbonyl (C=O) groups is 5. The van der Waals surface area contributed by atoms with Gasteiger partial charge in [-0.1, -0.05) is 0 Å². The highest BCUT2D eigenvalue weighted by molar-refractivity contribution is 5.95. The second-order valence-corrected chi connectivity index (χ2v) is 5.45. The first-order chi connectivity index (χ1) is 12.7. The first-order valence-corrected chi connectivity index (χ1v) is 7.77. The molecular formula is C14H21N7O6. The summed E-state index contributed by atoms with van der Waals surface area (Å²) in [5, 5.41) is 15.4. The van der Waals surface area contributed by atoms with Crippen LogP contribution in [0.1, 0.15) is 12.1 Å². The molecular weight excluding hydrogens is 362 g/mol. The molecule has 0 aliphatic heterocycles. The highest BCUT2D eigenvalue weighted by Crippen LogP contribution is 2.01. The Hall–Kier alpha value is -3.48. The number of rotatable bonds is 11. The number of nitrogens with one attached hydrogen (secondary N) is 4. The van der Waals surface area contributed by atoms with Gasteiger partial charge in [0.25, 0.3) is 0 Å². The van der Waals surface area contributed by atoms with Crippen LogP contribution in [0.15, 0.2) is 12.5 Å². The number of nitrogens with two attached hydrogens (primary N) is 2. The van der Waals surface area contributed by atoms with Crippen LogP contribution < -0.4 is 27.4 Å². The number of hydrogen-bond acceptors (Lipinski definition) is 7. The fourth-order valence-corrected chi connectivity index (χ4v) is 2.05. The third-order valence-corrected chi connectivity index (χ3v) is 3.27. The molecule has 4 amide bonds. The van der Waals surface area contributed by atoms with Gasteiger partial charge in [0.1, 0.15) is 18.6 Å². The lowest BCUT2D eigenvalue weighted by Gasteiger charge is -2.22. The molecule has 1 aromatic heterocycles. The van der Waals surface area contributed by atoms with Crippen molar-refractivity contribution < 1.29 is 29.1 Å². The molecule has 0 fully saturated rings. The maximum Gasteiger partial charge on any atom is 0.322 e. The number of aromatic nitrogens is 2. The van der Waals surface area contributed by atoms with Gasteiger partial charge in [-0.15, -0.1) is 0 Å². The number of carboxylic acids is 1. The minimum absolute atomic E-state index is 0.0364. The van der Waals surface area contributed by atoms with Crippen LogP contribution in [0, 0.1) is 0 Å². The van der Waals surface area contributed by atoms with E-state index in [2.05, 4.69) is 25.9 Å². The van der Waals surface area contributed by atoms with E-state index in [-0.39, 0.29) is 6.42 Å². The molecule has 0 aromatic carbocycles. The van der Waals surface area contributed by atoms with Crippen molar-refractivity contribution in [1.82, 2.24) is 25.9 Å². The molecule has 2 atom stereocenters. The number of H-pyrrole nitrogens is 1. The molecule has 0 aliphatic rings. The normalized spacial score (nSPS) is 12.5. The van der Waals surface area contributed by atoms with Gasteiger partial charge in [0.2, 0.25) is 23.6 Å². The molecule has 148 valence electrons. The molecule has 1 heterocycles. The summed E-state index contributed by atoms with van der Waals surface area (Å²) < 4.78 is 0. The molecule has 0 spiro atoms. The van der Waals surface area contributed by atoms with Crippen LogP contribution in [-0.4, -0.2) is 69.8 Å². The van der Waals surface area contributed by atoms with E-state index in [0.717, 1.165) is 0 Å². The van der Waals surface area contributed by atoms with E-state index in [1.807, 2.05) is 0 Å². The van der Waals surface area contributed by atoms with Crippen molar-refractivity contribution in [1.29, 1.82) is 0 Å². The molecule has 13 nitrogen and oxygen atoms in total. The Labute approximate surface area is 153 Å². The molecule has 0 radical (unpaired) electrons. The Morgan fingerprint density at radius 1 is 1.15 bits per heavy atom. The van der Waals surface area contributed by atoms with Gasteiger partial charge in [-0.25, -0.2) is 4.98 Å². The minimum atomic E-state index is -1.34. The standard InChI is InChI=1S/C14H21N7O6/c15-3-11(23)20-9(2-10(16)22)14(27)21-8(1-7-4-17-6-19-7)13(26)18-5-12(24)25/h4,6,8-9H,1-3,5,15H2,(H2,16,22)(H,17,19)(H,18,26)(H,20,23)(H,21,27)(H,24,25). The lowest BCUT2D eigenvalue weighted by Crippen LogP contribution is -2.56. The van der Waals surface area contributed by atoms with Crippen molar-refractivity contribution in [2.45, 2.75) is 24.9 Å². The summed E-state index contributed by atoms with van der Waals surface area (Å²) in [4.78, 5) is 64.4. The van der Waals surface area contributed by atoms with E-state index < -0.39 is 61.2 Å². The molecule has 0 saturated carbocycles. The zero-order valence-corrected chi connectivity index (χ0v) is 14.2. The predicted molar refractivity (Wildman–Crippen MR) is 89.7 cm³/mol. The highest BCUT2D eigenvalue weighted by Gasteiger charge is 2.28. The van der Waals surface area contributed by atoms with Crippen LogP contribution >= 0.6 is 0 Å². The summed E-state index contributed by atoms with van der Waals surface area (Å²) >= 11 is 0. The minimum Gasteiger partial charge on any atom is -0.480 e. The molecule has 27 heavy (non-hydrogen) atoms. The lowest BCUT2D eigenvalue weighted by molar-refractivity contribution is -0.138. The highest BCUT2D eigenvalue weighted by atomic mass is 16.4. The van der Waals surface area contributed by atoms with Crippen molar-refractivity contribution in [2.75, 3.05) is 13.1 Å². The van der Waals surface area contributed by atoms with Gasteiger partial charge in [0.05, 0.1) is 19.3 Å². The fraction of sp³-hybridized carbons (Fsp3) is 0.429. The number of carbonyl (C=O) groups excluding carboxylic acids is 4. The summed E-state index contributed by atoms with van der Waals surface area (Å²) in [5.41, 5.74) is 10.7. The van der Waals surface area contributed by atoms with E-state index in [9.17, 15) is 24.0 Å². The largest absolute Gasteiger partial charge is 0.480 e. The molecule has 0 aliphatic carbocycles. The molecule has 1 rings (SSSR count). The first kappa shape index (κ1) is 21.6. The van der Waals surface area contributed by atoms with Crippen LogP contribution in [0.2, 0.25) is 0 Å². The van der Waals surface area contributed by atoms with Crippen molar-refractivity contribution in [3.63, 3.8) is 0 Å². The predicted octanol–water partition coefficient (Wildman–Crippen LogP) is -4.04. The Balaban J connectivity index is 2.89. The van der Waals surface area contributed by atoms with Crippen LogP contribution in [0.5, 0.6) is 0 Å². The second kappa shape index (κ2) is 10.5. The number of aromatic amines is 1. The van der Waals surface area contributed by atoms with Crippen LogP contribution in [0.3, 0.4) is 0 Å².